The predicted octanol–water partition coefficient (Wildman–Crippen LogP) is 0.0193. The molecule has 9 nitrogen and oxygen atoms in total. The summed E-state index contributed by atoms with van der Waals surface area (Å²) in [4.78, 5) is 58.4. The topological polar surface area (TPSA) is 128 Å². The molecule has 2 N–H and O–H groups in total. The molecule has 0 aromatic carbocycles. The zero-order valence-electron chi connectivity index (χ0n) is 14.4. The van der Waals surface area contributed by atoms with E-state index in [1.165, 1.54) is 0 Å². The Hall–Kier alpha value is -2.10. The third-order valence-electron chi connectivity index (χ3n) is 3.32. The number of hydrogen-bond donors (Lipinski definition) is 2. The molecule has 0 aromatic rings. The van der Waals surface area contributed by atoms with E-state index < -0.39 is 34.5 Å². The van der Waals surface area contributed by atoms with E-state index in [-0.39, 0.29) is 25.5 Å². The number of cyclic esters (lactones) is 1. The molecule has 2 amide bonds. The van der Waals surface area contributed by atoms with Gasteiger partial charge in [-0.3, -0.25) is 14.4 Å². The number of ketones is 1. The van der Waals surface area contributed by atoms with Gasteiger partial charge in [-0.1, -0.05) is 13.8 Å². The second-order valence-corrected chi connectivity index (χ2v) is 7.14. The van der Waals surface area contributed by atoms with Crippen molar-refractivity contribution in [1.29, 1.82) is 0 Å². The summed E-state index contributed by atoms with van der Waals surface area (Å²) in [5, 5.41) is 4.52. The molecule has 10 heteroatoms. The number of thioether (sulfide) groups is 1. The third kappa shape index (κ3) is 7.12. The van der Waals surface area contributed by atoms with Gasteiger partial charge in [0.05, 0.1) is 0 Å². The molecule has 1 atom stereocenters. The van der Waals surface area contributed by atoms with Gasteiger partial charge in [-0.05, 0) is 11.8 Å². The lowest BCUT2D eigenvalue weighted by atomic mass is 9.86. The van der Waals surface area contributed by atoms with Crippen molar-refractivity contribution in [3.05, 3.63) is 0 Å². The summed E-state index contributed by atoms with van der Waals surface area (Å²) >= 11 is 0.888. The molecule has 1 rings (SSSR count). The summed E-state index contributed by atoms with van der Waals surface area (Å²) in [5.41, 5.74) is -1.07. The molecule has 0 aliphatic carbocycles. The summed E-state index contributed by atoms with van der Waals surface area (Å²) in [6.45, 7) is 4.32. The van der Waals surface area contributed by atoms with E-state index in [4.69, 9.17) is 9.47 Å². The summed E-state index contributed by atoms with van der Waals surface area (Å²) in [6.07, 6.45) is -1.32. The van der Waals surface area contributed by atoms with E-state index in [0.717, 1.165) is 18.7 Å². The second-order valence-electron chi connectivity index (χ2n) is 6.11. The average molecular weight is 374 g/mol. The first-order chi connectivity index (χ1) is 11.6. The Kier molecular flexibility index (Phi) is 7.88. The number of rotatable bonds is 2. The normalized spacial score (nSPS) is 22.7. The van der Waals surface area contributed by atoms with E-state index in [1.807, 2.05) is 0 Å². The van der Waals surface area contributed by atoms with E-state index in [1.54, 1.807) is 13.8 Å². The molecule has 0 spiro atoms. The largest absolute Gasteiger partial charge is 0.457 e. The van der Waals surface area contributed by atoms with Crippen molar-refractivity contribution in [1.82, 2.24) is 10.6 Å². The average Bonchev–Trinajstić information content (AvgIpc) is 2.53. The van der Waals surface area contributed by atoms with Gasteiger partial charge in [-0.2, -0.15) is 0 Å². The van der Waals surface area contributed by atoms with Gasteiger partial charge in [-0.15, -0.1) is 0 Å². The quantitative estimate of drug-likeness (QED) is 0.511. The number of ether oxygens (including phenoxy) is 2. The molecule has 0 radical (unpaired) electrons. The minimum atomic E-state index is -1.35. The van der Waals surface area contributed by atoms with Gasteiger partial charge in [0.15, 0.2) is 6.10 Å². The number of Topliss-reactive ketones (excluding diaryl/α,β-unsaturated/α-hetero) is 1. The van der Waals surface area contributed by atoms with Crippen LogP contribution in [0.3, 0.4) is 0 Å². The number of nitrogens with one attached hydrogen (secondary N) is 2. The molecular weight excluding hydrogens is 352 g/mol. The van der Waals surface area contributed by atoms with Crippen molar-refractivity contribution >= 4 is 40.6 Å². The maximum absolute atomic E-state index is 12.4. The Bertz CT molecular complexity index is 562. The highest BCUT2D eigenvalue weighted by molar-refractivity contribution is 8.13. The van der Waals surface area contributed by atoms with Crippen LogP contribution in [0.5, 0.6) is 0 Å². The Labute approximate surface area is 149 Å². The van der Waals surface area contributed by atoms with E-state index in [9.17, 15) is 24.0 Å². The highest BCUT2D eigenvalue weighted by atomic mass is 32.2. The number of amides is 2. The predicted molar refractivity (Wildman–Crippen MR) is 88.8 cm³/mol. The van der Waals surface area contributed by atoms with E-state index >= 15 is 0 Å². The van der Waals surface area contributed by atoms with Crippen LogP contribution in [0.25, 0.3) is 0 Å². The standard InChI is InChI=1S/C15H22N2O7S/c1-9(18)13(21)24-11-12(20)17-5-4-10(19)16-6-7-25-14(22)23-8-15(11,2)3/h11H,4-8H2,1-3H3,(H,16,19)(H,17,20)/t11-/m0/s1. The smallest absolute Gasteiger partial charge is 0.375 e. The fourth-order valence-corrected chi connectivity index (χ4v) is 2.44. The van der Waals surface area contributed by atoms with Gasteiger partial charge in [0, 0.05) is 37.6 Å². The molecule has 0 bridgehead atoms. The van der Waals surface area contributed by atoms with Crippen molar-refractivity contribution in [2.24, 2.45) is 5.41 Å². The lowest BCUT2D eigenvalue weighted by molar-refractivity contribution is -0.168. The first-order valence-corrected chi connectivity index (χ1v) is 8.67. The lowest BCUT2D eigenvalue weighted by Crippen LogP contribution is -2.50. The van der Waals surface area contributed by atoms with Crippen molar-refractivity contribution in [2.45, 2.75) is 33.3 Å². The Morgan fingerprint density at radius 2 is 1.88 bits per heavy atom. The molecule has 0 aromatic heterocycles. The van der Waals surface area contributed by atoms with Crippen LogP contribution in [0.15, 0.2) is 0 Å². The summed E-state index contributed by atoms with van der Waals surface area (Å²) in [7, 11) is 0. The Morgan fingerprint density at radius 1 is 1.20 bits per heavy atom. The van der Waals surface area contributed by atoms with Crippen molar-refractivity contribution in [3.8, 4) is 0 Å². The van der Waals surface area contributed by atoms with Gasteiger partial charge in [0.2, 0.25) is 11.7 Å². The number of carbonyl (C=O) groups is 5. The fraction of sp³-hybridized carbons (Fsp3) is 0.667. The molecule has 140 valence electrons. The Morgan fingerprint density at radius 3 is 2.52 bits per heavy atom. The molecule has 1 heterocycles. The van der Waals surface area contributed by atoms with Gasteiger partial charge >= 0.3 is 11.3 Å². The maximum atomic E-state index is 12.4. The second kappa shape index (κ2) is 9.40. The number of hydrogen-bond acceptors (Lipinski definition) is 8. The third-order valence-corrected chi connectivity index (χ3v) is 4.08. The fourth-order valence-electron chi connectivity index (χ4n) is 1.93. The zero-order valence-corrected chi connectivity index (χ0v) is 15.2. The van der Waals surface area contributed by atoms with Crippen LogP contribution >= 0.6 is 11.8 Å². The molecular formula is C15H22N2O7S. The first kappa shape index (κ1) is 20.9. The van der Waals surface area contributed by atoms with Crippen molar-refractivity contribution in [2.75, 3.05) is 25.4 Å². The zero-order chi connectivity index (χ0) is 19.0. The molecule has 1 aliphatic heterocycles. The molecule has 1 saturated heterocycles. The summed E-state index contributed by atoms with van der Waals surface area (Å²) < 4.78 is 10.1. The highest BCUT2D eigenvalue weighted by Gasteiger charge is 2.40. The van der Waals surface area contributed by atoms with Crippen LogP contribution in [0.2, 0.25) is 0 Å². The number of carbonyl (C=O) groups excluding carboxylic acids is 5. The Balaban J connectivity index is 2.95. The summed E-state index contributed by atoms with van der Waals surface area (Å²) in [5.74, 6) is -2.63. The molecule has 1 fully saturated rings. The first-order valence-electron chi connectivity index (χ1n) is 7.69. The minimum Gasteiger partial charge on any atom is -0.457 e. The van der Waals surface area contributed by atoms with Gasteiger partial charge < -0.3 is 20.1 Å². The van der Waals surface area contributed by atoms with Crippen LogP contribution in [-0.2, 0) is 28.7 Å². The van der Waals surface area contributed by atoms with Crippen molar-refractivity contribution in [3.63, 3.8) is 0 Å². The monoisotopic (exact) mass is 374 g/mol. The van der Waals surface area contributed by atoms with Gasteiger partial charge in [-0.25, -0.2) is 9.59 Å². The molecule has 0 saturated carbocycles. The van der Waals surface area contributed by atoms with Gasteiger partial charge in [0.25, 0.3) is 5.91 Å². The van der Waals surface area contributed by atoms with E-state index in [0.29, 0.717) is 12.3 Å². The summed E-state index contributed by atoms with van der Waals surface area (Å²) in [6, 6.07) is 0. The van der Waals surface area contributed by atoms with E-state index in [2.05, 4.69) is 10.6 Å². The SMILES string of the molecule is CC(=O)C(=O)O[C@H]1C(=O)NCCC(=O)NCCSC(=O)OCC1(C)C. The highest BCUT2D eigenvalue weighted by Crippen LogP contribution is 2.26. The molecule has 0 unspecified atom stereocenters. The van der Waals surface area contributed by atoms with Crippen LogP contribution in [-0.4, -0.2) is 60.4 Å². The molecule has 25 heavy (non-hydrogen) atoms. The lowest BCUT2D eigenvalue weighted by Gasteiger charge is -2.32. The van der Waals surface area contributed by atoms with Crippen LogP contribution < -0.4 is 10.6 Å². The van der Waals surface area contributed by atoms with Gasteiger partial charge in [0.1, 0.15) is 6.61 Å². The minimum absolute atomic E-state index is 0.0364. The maximum Gasteiger partial charge on any atom is 0.375 e. The molecule has 1 aliphatic rings. The number of esters is 1. The van der Waals surface area contributed by atoms with Crippen molar-refractivity contribution < 1.29 is 33.4 Å². The van der Waals surface area contributed by atoms with Crippen LogP contribution in [0.1, 0.15) is 27.2 Å². The van der Waals surface area contributed by atoms with Crippen LogP contribution in [0.4, 0.5) is 4.79 Å². The van der Waals surface area contributed by atoms with Crippen LogP contribution in [0, 0.1) is 5.41 Å².